The summed E-state index contributed by atoms with van der Waals surface area (Å²) in [5.74, 6) is -0.0918. The van der Waals surface area contributed by atoms with Crippen LogP contribution in [0.15, 0.2) is 10.5 Å². The van der Waals surface area contributed by atoms with Gasteiger partial charge in [-0.2, -0.15) is 0 Å². The fourth-order valence-electron chi connectivity index (χ4n) is 1.20. The van der Waals surface area contributed by atoms with Gasteiger partial charge in [-0.1, -0.05) is 6.92 Å². The lowest BCUT2D eigenvalue weighted by Crippen LogP contribution is -2.07. The Kier molecular flexibility index (Phi) is 4.65. The van der Waals surface area contributed by atoms with E-state index in [-0.39, 0.29) is 11.8 Å². The third-order valence-corrected chi connectivity index (χ3v) is 1.83. The number of carboxylic acid groups (broad SMARTS) is 1. The van der Waals surface area contributed by atoms with E-state index in [0.717, 1.165) is 6.08 Å². The van der Waals surface area contributed by atoms with Crippen molar-refractivity contribution in [1.29, 1.82) is 0 Å². The Morgan fingerprint density at radius 3 is 3.00 bits per heavy atom. The van der Waals surface area contributed by atoms with Crippen LogP contribution in [0.1, 0.15) is 18.7 Å². The summed E-state index contributed by atoms with van der Waals surface area (Å²) in [5, 5.41) is 15.9. The van der Waals surface area contributed by atoms with Crippen molar-refractivity contribution in [1.82, 2.24) is 10.2 Å². The Balaban J connectivity index is 2.54. The van der Waals surface area contributed by atoms with Crippen LogP contribution in [0.3, 0.4) is 0 Å². The van der Waals surface area contributed by atoms with Gasteiger partial charge in [0.1, 0.15) is 0 Å². The summed E-state index contributed by atoms with van der Waals surface area (Å²) in [5.41, 5.74) is 0. The molecular weight excluding hydrogens is 212 g/mol. The second-order valence-corrected chi connectivity index (χ2v) is 3.47. The molecule has 1 aromatic heterocycles. The van der Waals surface area contributed by atoms with Gasteiger partial charge in [-0.15, -0.1) is 10.2 Å². The van der Waals surface area contributed by atoms with Gasteiger partial charge in [0.15, 0.2) is 0 Å². The number of ether oxygens (including phenoxy) is 1. The van der Waals surface area contributed by atoms with Crippen LogP contribution >= 0.6 is 0 Å². The highest BCUT2D eigenvalue weighted by Crippen LogP contribution is 2.08. The van der Waals surface area contributed by atoms with Gasteiger partial charge in [-0.3, -0.25) is 0 Å². The molecule has 6 nitrogen and oxygen atoms in total. The van der Waals surface area contributed by atoms with E-state index in [0.29, 0.717) is 18.9 Å². The molecule has 0 aliphatic rings. The molecular formula is C10H14N2O4. The van der Waals surface area contributed by atoms with Crippen molar-refractivity contribution in [2.24, 2.45) is 5.92 Å². The molecule has 0 spiro atoms. The number of methoxy groups -OCH3 is 1. The summed E-state index contributed by atoms with van der Waals surface area (Å²) in [7, 11) is 1.63. The predicted molar refractivity (Wildman–Crippen MR) is 55.7 cm³/mol. The van der Waals surface area contributed by atoms with Crippen molar-refractivity contribution < 1.29 is 19.1 Å². The first-order chi connectivity index (χ1) is 7.61. The number of aromatic nitrogens is 2. The lowest BCUT2D eigenvalue weighted by Gasteiger charge is -2.05. The number of aliphatic carboxylic acids is 1. The molecule has 1 aromatic rings. The second-order valence-electron chi connectivity index (χ2n) is 3.47. The van der Waals surface area contributed by atoms with Crippen LogP contribution in [0.5, 0.6) is 0 Å². The summed E-state index contributed by atoms with van der Waals surface area (Å²) in [6.45, 7) is 2.61. The molecule has 0 aliphatic heterocycles. The third-order valence-electron chi connectivity index (χ3n) is 1.83. The standard InChI is InChI=1S/C10H14N2O4/c1-7(6-15-2)5-9-12-11-8(16-9)3-4-10(13)14/h3-4,7H,5-6H2,1-2H3,(H,13,14)/b4-3+. The monoisotopic (exact) mass is 226 g/mol. The summed E-state index contributed by atoms with van der Waals surface area (Å²) >= 11 is 0. The van der Waals surface area contributed by atoms with E-state index in [2.05, 4.69) is 10.2 Å². The van der Waals surface area contributed by atoms with E-state index >= 15 is 0 Å². The average molecular weight is 226 g/mol. The summed E-state index contributed by atoms with van der Waals surface area (Å²) in [4.78, 5) is 10.2. The van der Waals surface area contributed by atoms with Crippen molar-refractivity contribution in [3.05, 3.63) is 17.9 Å². The average Bonchev–Trinajstić information content (AvgIpc) is 2.63. The van der Waals surface area contributed by atoms with Crippen LogP contribution in [0, 0.1) is 5.92 Å². The molecule has 1 rings (SSSR count). The smallest absolute Gasteiger partial charge is 0.328 e. The number of hydrogen-bond donors (Lipinski definition) is 1. The van der Waals surface area contributed by atoms with E-state index in [9.17, 15) is 4.79 Å². The second kappa shape index (κ2) is 6.02. The third kappa shape index (κ3) is 4.22. The van der Waals surface area contributed by atoms with Gasteiger partial charge in [0.05, 0.1) is 0 Å². The molecule has 0 fully saturated rings. The zero-order valence-corrected chi connectivity index (χ0v) is 9.21. The Hall–Kier alpha value is -1.69. The molecule has 0 aliphatic carbocycles. The summed E-state index contributed by atoms with van der Waals surface area (Å²) in [6.07, 6.45) is 2.83. The van der Waals surface area contributed by atoms with Gasteiger partial charge < -0.3 is 14.3 Å². The van der Waals surface area contributed by atoms with Crippen molar-refractivity contribution >= 4 is 12.0 Å². The Labute approximate surface area is 92.9 Å². The molecule has 0 radical (unpaired) electrons. The van der Waals surface area contributed by atoms with Crippen molar-refractivity contribution in [2.45, 2.75) is 13.3 Å². The van der Waals surface area contributed by atoms with Gasteiger partial charge in [-0.25, -0.2) is 4.79 Å². The fourth-order valence-corrected chi connectivity index (χ4v) is 1.20. The number of nitrogens with zero attached hydrogens (tertiary/aromatic N) is 2. The Morgan fingerprint density at radius 2 is 2.38 bits per heavy atom. The summed E-state index contributed by atoms with van der Waals surface area (Å²) < 4.78 is 10.2. The highest BCUT2D eigenvalue weighted by Gasteiger charge is 2.09. The molecule has 1 atom stereocenters. The minimum absolute atomic E-state index is 0.196. The maximum atomic E-state index is 10.2. The first-order valence-corrected chi connectivity index (χ1v) is 4.84. The molecule has 1 N–H and O–H groups in total. The number of carbonyl (C=O) groups is 1. The number of rotatable bonds is 6. The van der Waals surface area contributed by atoms with E-state index in [4.69, 9.17) is 14.3 Å². The maximum Gasteiger partial charge on any atom is 0.328 e. The minimum Gasteiger partial charge on any atom is -0.478 e. The van der Waals surface area contributed by atoms with Crippen LogP contribution in [-0.2, 0) is 16.0 Å². The zero-order valence-electron chi connectivity index (χ0n) is 9.21. The van der Waals surface area contributed by atoms with Crippen LogP contribution in [0.4, 0.5) is 0 Å². The molecule has 0 aromatic carbocycles. The molecule has 0 saturated carbocycles. The van der Waals surface area contributed by atoms with Gasteiger partial charge >= 0.3 is 5.97 Å². The van der Waals surface area contributed by atoms with Crippen molar-refractivity contribution in [2.75, 3.05) is 13.7 Å². The highest BCUT2D eigenvalue weighted by molar-refractivity contribution is 5.84. The van der Waals surface area contributed by atoms with Crippen LogP contribution in [0.2, 0.25) is 0 Å². The molecule has 1 unspecified atom stereocenters. The first-order valence-electron chi connectivity index (χ1n) is 4.84. The Bertz CT molecular complexity index is 373. The van der Waals surface area contributed by atoms with E-state index in [1.807, 2.05) is 6.92 Å². The van der Waals surface area contributed by atoms with Gasteiger partial charge in [0, 0.05) is 32.3 Å². The van der Waals surface area contributed by atoms with Crippen LogP contribution < -0.4 is 0 Å². The Morgan fingerprint density at radius 1 is 1.62 bits per heavy atom. The fraction of sp³-hybridized carbons (Fsp3) is 0.500. The molecule has 1 heterocycles. The van der Waals surface area contributed by atoms with Gasteiger partial charge in [0.2, 0.25) is 11.8 Å². The first kappa shape index (κ1) is 12.4. The van der Waals surface area contributed by atoms with E-state index in [1.165, 1.54) is 6.08 Å². The van der Waals surface area contributed by atoms with E-state index < -0.39 is 5.97 Å². The molecule has 0 amide bonds. The van der Waals surface area contributed by atoms with Crippen LogP contribution in [-0.4, -0.2) is 35.0 Å². The summed E-state index contributed by atoms with van der Waals surface area (Å²) in [6, 6.07) is 0. The predicted octanol–water partition coefficient (Wildman–Crippen LogP) is 0.992. The molecule has 88 valence electrons. The SMILES string of the molecule is COCC(C)Cc1nnc(/C=C/C(=O)O)o1. The van der Waals surface area contributed by atoms with Crippen LogP contribution in [0.25, 0.3) is 6.08 Å². The lowest BCUT2D eigenvalue weighted by atomic mass is 10.1. The van der Waals surface area contributed by atoms with Crippen molar-refractivity contribution in [3.8, 4) is 0 Å². The van der Waals surface area contributed by atoms with Gasteiger partial charge in [-0.05, 0) is 5.92 Å². The quantitative estimate of drug-likeness (QED) is 0.728. The topological polar surface area (TPSA) is 85.5 Å². The molecule has 0 bridgehead atoms. The zero-order chi connectivity index (χ0) is 12.0. The number of carboxylic acids is 1. The van der Waals surface area contributed by atoms with E-state index in [1.54, 1.807) is 7.11 Å². The van der Waals surface area contributed by atoms with Gasteiger partial charge in [0.25, 0.3) is 0 Å². The molecule has 0 saturated heterocycles. The molecule has 6 heteroatoms. The highest BCUT2D eigenvalue weighted by atomic mass is 16.5. The normalized spacial score (nSPS) is 13.1. The number of hydrogen-bond acceptors (Lipinski definition) is 5. The minimum atomic E-state index is -1.05. The molecule has 16 heavy (non-hydrogen) atoms. The van der Waals surface area contributed by atoms with Crippen molar-refractivity contribution in [3.63, 3.8) is 0 Å². The largest absolute Gasteiger partial charge is 0.478 e. The lowest BCUT2D eigenvalue weighted by molar-refractivity contribution is -0.131. The maximum absolute atomic E-state index is 10.2.